The lowest BCUT2D eigenvalue weighted by Crippen LogP contribution is -1.97. The van der Waals surface area contributed by atoms with E-state index in [0.717, 1.165) is 5.54 Å². The Labute approximate surface area is 63.0 Å². The van der Waals surface area contributed by atoms with Crippen LogP contribution in [0.15, 0.2) is 0 Å². The highest BCUT2D eigenvalue weighted by atomic mass is 79.9. The molecule has 1 unspecified atom stereocenters. The fraction of sp³-hybridized carbons (Fsp3) is 1.00. The quantitative estimate of drug-likeness (QED) is 0.476. The van der Waals surface area contributed by atoms with E-state index in [9.17, 15) is 0 Å². The van der Waals surface area contributed by atoms with Crippen molar-refractivity contribution in [2.75, 3.05) is 5.33 Å². The fourth-order valence-corrected chi connectivity index (χ4v) is 2.86. The molecule has 0 aromatic rings. The number of alkyl halides is 1. The molecular formula is C6H15BrSi. The first-order valence-electron chi connectivity index (χ1n) is 3.37. The summed E-state index contributed by atoms with van der Waals surface area (Å²) in [4.78, 5) is 0. The number of halogens is 1. The molecule has 0 saturated heterocycles. The maximum atomic E-state index is 3.44. The van der Waals surface area contributed by atoms with Crippen LogP contribution in [-0.4, -0.2) is 14.8 Å². The van der Waals surface area contributed by atoms with Crippen LogP contribution in [0.3, 0.4) is 0 Å². The van der Waals surface area contributed by atoms with E-state index >= 15 is 0 Å². The van der Waals surface area contributed by atoms with Crippen molar-refractivity contribution >= 4 is 25.4 Å². The standard InChI is InChI=1S/C6H15BrSi/c1-3-6(2)8-5-4-7/h6H,3-5,8H2,1-2H3. The highest BCUT2D eigenvalue weighted by Crippen LogP contribution is 2.07. The van der Waals surface area contributed by atoms with Gasteiger partial charge in [0, 0.05) is 14.8 Å². The van der Waals surface area contributed by atoms with E-state index in [2.05, 4.69) is 29.8 Å². The summed E-state index contributed by atoms with van der Waals surface area (Å²) in [7, 11) is 0.289. The van der Waals surface area contributed by atoms with Gasteiger partial charge in [0.25, 0.3) is 0 Å². The lowest BCUT2D eigenvalue weighted by molar-refractivity contribution is 0.866. The van der Waals surface area contributed by atoms with Gasteiger partial charge in [-0.25, -0.2) is 0 Å². The van der Waals surface area contributed by atoms with Crippen molar-refractivity contribution in [3.8, 4) is 0 Å². The van der Waals surface area contributed by atoms with E-state index in [1.165, 1.54) is 17.8 Å². The highest BCUT2D eigenvalue weighted by molar-refractivity contribution is 9.09. The molecule has 0 aliphatic rings. The summed E-state index contributed by atoms with van der Waals surface area (Å²) in [6.07, 6.45) is 1.39. The molecule has 0 nitrogen and oxygen atoms in total. The minimum absolute atomic E-state index is 0.289. The second-order valence-corrected chi connectivity index (χ2v) is 5.82. The lowest BCUT2D eigenvalue weighted by Gasteiger charge is -2.03. The Hall–Kier alpha value is 0.697. The zero-order valence-electron chi connectivity index (χ0n) is 5.78. The largest absolute Gasteiger partial charge is 0.0931 e. The normalized spacial score (nSPS) is 15.4. The molecule has 0 spiro atoms. The molecule has 0 rings (SSSR count). The molecule has 8 heavy (non-hydrogen) atoms. The van der Waals surface area contributed by atoms with Crippen LogP contribution >= 0.6 is 15.9 Å². The SMILES string of the molecule is CCC(C)[SiH2]CCBr. The molecule has 0 aromatic heterocycles. The average Bonchev–Trinajstić information content (AvgIpc) is 1.83. The minimum Gasteiger partial charge on any atom is -0.0931 e. The Kier molecular flexibility index (Phi) is 6.33. The van der Waals surface area contributed by atoms with Crippen LogP contribution in [-0.2, 0) is 0 Å². The van der Waals surface area contributed by atoms with Crippen molar-refractivity contribution in [1.82, 2.24) is 0 Å². The molecule has 0 aliphatic heterocycles. The molecule has 0 aliphatic carbocycles. The molecular weight excluding hydrogens is 180 g/mol. The molecule has 0 heterocycles. The van der Waals surface area contributed by atoms with Crippen molar-refractivity contribution in [2.45, 2.75) is 31.9 Å². The van der Waals surface area contributed by atoms with Crippen molar-refractivity contribution in [1.29, 1.82) is 0 Å². The zero-order chi connectivity index (χ0) is 6.41. The Morgan fingerprint density at radius 2 is 2.25 bits per heavy atom. The van der Waals surface area contributed by atoms with Gasteiger partial charge in [-0.05, 0) is 0 Å². The number of hydrogen-bond acceptors (Lipinski definition) is 0. The van der Waals surface area contributed by atoms with Gasteiger partial charge in [-0.15, -0.1) is 0 Å². The summed E-state index contributed by atoms with van der Waals surface area (Å²) < 4.78 is 0. The van der Waals surface area contributed by atoms with Crippen molar-refractivity contribution in [2.24, 2.45) is 0 Å². The summed E-state index contributed by atoms with van der Waals surface area (Å²) in [6, 6.07) is 1.47. The van der Waals surface area contributed by atoms with Crippen LogP contribution in [0.25, 0.3) is 0 Å². The van der Waals surface area contributed by atoms with E-state index in [4.69, 9.17) is 0 Å². The second kappa shape index (κ2) is 5.83. The van der Waals surface area contributed by atoms with Crippen LogP contribution in [0.2, 0.25) is 11.6 Å². The predicted octanol–water partition coefficient (Wildman–Crippen LogP) is 2.19. The molecule has 1 atom stereocenters. The summed E-state index contributed by atoms with van der Waals surface area (Å²) in [5, 5.41) is 1.23. The maximum absolute atomic E-state index is 3.44. The van der Waals surface area contributed by atoms with Gasteiger partial charge < -0.3 is 0 Å². The maximum Gasteiger partial charge on any atom is 0.0237 e. The summed E-state index contributed by atoms with van der Waals surface area (Å²) in [5.41, 5.74) is 1.06. The Morgan fingerprint density at radius 3 is 2.62 bits per heavy atom. The highest BCUT2D eigenvalue weighted by Gasteiger charge is 1.96. The first-order chi connectivity index (χ1) is 3.81. The van der Waals surface area contributed by atoms with Crippen LogP contribution in [0.1, 0.15) is 20.3 Å². The molecule has 0 saturated carbocycles. The van der Waals surface area contributed by atoms with E-state index in [-0.39, 0.29) is 9.52 Å². The molecule has 0 N–H and O–H groups in total. The van der Waals surface area contributed by atoms with Gasteiger partial charge in [0.2, 0.25) is 0 Å². The van der Waals surface area contributed by atoms with Crippen molar-refractivity contribution in [3.63, 3.8) is 0 Å². The van der Waals surface area contributed by atoms with Gasteiger partial charge in [-0.3, -0.25) is 0 Å². The third-order valence-electron chi connectivity index (χ3n) is 1.53. The number of hydrogen-bond donors (Lipinski definition) is 0. The summed E-state index contributed by atoms with van der Waals surface area (Å²) >= 11 is 3.44. The molecule has 0 radical (unpaired) electrons. The molecule has 2 heteroatoms. The third-order valence-corrected chi connectivity index (χ3v) is 5.45. The molecule has 0 bridgehead atoms. The smallest absolute Gasteiger partial charge is 0.0237 e. The van der Waals surface area contributed by atoms with Gasteiger partial charge in [0.1, 0.15) is 0 Å². The predicted molar refractivity (Wildman–Crippen MR) is 46.9 cm³/mol. The zero-order valence-corrected chi connectivity index (χ0v) is 8.78. The van der Waals surface area contributed by atoms with E-state index < -0.39 is 0 Å². The van der Waals surface area contributed by atoms with Gasteiger partial charge in [-0.2, -0.15) is 0 Å². The van der Waals surface area contributed by atoms with E-state index in [1.807, 2.05) is 0 Å². The van der Waals surface area contributed by atoms with Crippen LogP contribution in [0.4, 0.5) is 0 Å². The van der Waals surface area contributed by atoms with Crippen LogP contribution in [0, 0.1) is 0 Å². The Bertz CT molecular complexity index is 47.8. The monoisotopic (exact) mass is 194 g/mol. The van der Waals surface area contributed by atoms with Gasteiger partial charge >= 0.3 is 0 Å². The minimum atomic E-state index is 0.289. The fourth-order valence-electron chi connectivity index (χ4n) is 0.630. The van der Waals surface area contributed by atoms with Gasteiger partial charge in [-0.1, -0.05) is 47.8 Å². The lowest BCUT2D eigenvalue weighted by atomic mass is 10.4. The molecule has 0 fully saturated rings. The molecule has 50 valence electrons. The van der Waals surface area contributed by atoms with Gasteiger partial charge in [0.15, 0.2) is 0 Å². The van der Waals surface area contributed by atoms with Crippen LogP contribution < -0.4 is 0 Å². The Morgan fingerprint density at radius 1 is 1.62 bits per heavy atom. The first-order valence-corrected chi connectivity index (χ1v) is 6.31. The van der Waals surface area contributed by atoms with Crippen molar-refractivity contribution < 1.29 is 0 Å². The van der Waals surface area contributed by atoms with Crippen LogP contribution in [0.5, 0.6) is 0 Å². The summed E-state index contributed by atoms with van der Waals surface area (Å²) in [6.45, 7) is 4.65. The van der Waals surface area contributed by atoms with E-state index in [1.54, 1.807) is 0 Å². The average molecular weight is 195 g/mol. The topological polar surface area (TPSA) is 0 Å². The molecule has 0 amide bonds. The number of rotatable bonds is 4. The molecule has 0 aromatic carbocycles. The van der Waals surface area contributed by atoms with Gasteiger partial charge in [0.05, 0.1) is 0 Å². The third kappa shape index (κ3) is 4.85. The Balaban J connectivity index is 2.86. The second-order valence-electron chi connectivity index (χ2n) is 2.34. The first kappa shape index (κ1) is 8.70. The van der Waals surface area contributed by atoms with E-state index in [0.29, 0.717) is 0 Å². The summed E-state index contributed by atoms with van der Waals surface area (Å²) in [5.74, 6) is 0. The van der Waals surface area contributed by atoms with Crippen molar-refractivity contribution in [3.05, 3.63) is 0 Å².